The molecular formula is C22H25N. The topological polar surface area (TPSA) is 12.4 Å². The summed E-state index contributed by atoms with van der Waals surface area (Å²) in [5, 5.41) is 0. The molecule has 0 atom stereocenters. The van der Waals surface area contributed by atoms with E-state index < -0.39 is 0 Å². The van der Waals surface area contributed by atoms with Crippen molar-refractivity contribution in [2.45, 2.75) is 38.5 Å². The molecule has 23 heavy (non-hydrogen) atoms. The van der Waals surface area contributed by atoms with Gasteiger partial charge in [0.1, 0.15) is 0 Å². The molecule has 118 valence electrons. The third-order valence-corrected chi connectivity index (χ3v) is 4.97. The maximum atomic E-state index is 3.91. The Morgan fingerprint density at radius 2 is 1.35 bits per heavy atom. The van der Waals surface area contributed by atoms with Gasteiger partial charge in [0, 0.05) is 0 Å². The molecule has 0 aliphatic heterocycles. The molecule has 2 aromatic carbocycles. The van der Waals surface area contributed by atoms with Crippen LogP contribution in [0, 0.1) is 5.92 Å². The summed E-state index contributed by atoms with van der Waals surface area (Å²) in [5.74, 6) is 1.68. The van der Waals surface area contributed by atoms with E-state index >= 15 is 0 Å². The molecule has 0 spiro atoms. The van der Waals surface area contributed by atoms with Gasteiger partial charge in [0.05, 0.1) is 5.69 Å². The van der Waals surface area contributed by atoms with Crippen molar-refractivity contribution in [1.82, 2.24) is 0 Å². The molecule has 0 bridgehead atoms. The Morgan fingerprint density at radius 1 is 0.826 bits per heavy atom. The molecule has 0 radical (unpaired) electrons. The normalized spacial score (nSPS) is 21.4. The molecule has 3 rings (SSSR count). The van der Waals surface area contributed by atoms with Gasteiger partial charge in [0.15, 0.2) is 0 Å². The van der Waals surface area contributed by atoms with E-state index in [0.29, 0.717) is 0 Å². The molecule has 0 N–H and O–H groups in total. The van der Waals surface area contributed by atoms with E-state index in [-0.39, 0.29) is 0 Å². The maximum Gasteiger partial charge on any atom is 0.0622 e. The van der Waals surface area contributed by atoms with Crippen LogP contribution >= 0.6 is 0 Å². The first-order valence-corrected chi connectivity index (χ1v) is 8.59. The van der Waals surface area contributed by atoms with Crippen LogP contribution in [0.3, 0.4) is 0 Å². The second kappa shape index (κ2) is 7.41. The second-order valence-electron chi connectivity index (χ2n) is 6.71. The van der Waals surface area contributed by atoms with Crippen LogP contribution in [0.1, 0.15) is 55.2 Å². The van der Waals surface area contributed by atoms with Crippen molar-refractivity contribution < 1.29 is 0 Å². The van der Waals surface area contributed by atoms with Crippen molar-refractivity contribution in [1.29, 1.82) is 0 Å². The fourth-order valence-electron chi connectivity index (χ4n) is 3.36. The first-order chi connectivity index (χ1) is 11.2. The molecule has 0 saturated heterocycles. The van der Waals surface area contributed by atoms with Gasteiger partial charge in [-0.1, -0.05) is 68.3 Å². The quantitative estimate of drug-likeness (QED) is 0.452. The van der Waals surface area contributed by atoms with Gasteiger partial charge in [0.2, 0.25) is 0 Å². The fourth-order valence-corrected chi connectivity index (χ4v) is 3.36. The molecule has 1 aliphatic rings. The van der Waals surface area contributed by atoms with Crippen LogP contribution in [0.2, 0.25) is 0 Å². The second-order valence-corrected chi connectivity index (χ2v) is 6.71. The van der Waals surface area contributed by atoms with Crippen molar-refractivity contribution in [3.63, 3.8) is 0 Å². The van der Waals surface area contributed by atoms with E-state index in [1.54, 1.807) is 0 Å². The van der Waals surface area contributed by atoms with Gasteiger partial charge in [-0.05, 0) is 60.2 Å². The number of hydrogen-bond acceptors (Lipinski definition) is 1. The highest BCUT2D eigenvalue weighted by Gasteiger charge is 2.19. The number of benzene rings is 2. The molecule has 1 aliphatic carbocycles. The van der Waals surface area contributed by atoms with Crippen LogP contribution in [-0.2, 0) is 0 Å². The summed E-state index contributed by atoms with van der Waals surface area (Å²) < 4.78 is 0. The average Bonchev–Trinajstić information content (AvgIpc) is 2.61. The monoisotopic (exact) mass is 303 g/mol. The van der Waals surface area contributed by atoms with Crippen molar-refractivity contribution in [2.24, 2.45) is 10.9 Å². The minimum atomic E-state index is 0.767. The lowest BCUT2D eigenvalue weighted by molar-refractivity contribution is 0.348. The van der Waals surface area contributed by atoms with E-state index in [4.69, 9.17) is 0 Å². The Bertz CT molecular complexity index is 656. The zero-order valence-corrected chi connectivity index (χ0v) is 13.9. The van der Waals surface area contributed by atoms with Crippen molar-refractivity contribution in [3.8, 4) is 0 Å². The van der Waals surface area contributed by atoms with E-state index in [1.807, 2.05) is 12.1 Å². The number of rotatable bonds is 4. The third kappa shape index (κ3) is 4.19. The van der Waals surface area contributed by atoms with Crippen LogP contribution in [0.15, 0.2) is 53.5 Å². The third-order valence-electron chi connectivity index (χ3n) is 4.97. The Kier molecular flexibility index (Phi) is 5.07. The fraction of sp³-hybridized carbons (Fsp3) is 0.318. The summed E-state index contributed by atoms with van der Waals surface area (Å²) in [6.45, 7) is 5.91. The Hall–Kier alpha value is -2.15. The van der Waals surface area contributed by atoms with Crippen LogP contribution in [0.5, 0.6) is 0 Å². The van der Waals surface area contributed by atoms with Crippen LogP contribution in [-0.4, -0.2) is 6.72 Å². The van der Waals surface area contributed by atoms with Crippen LogP contribution < -0.4 is 0 Å². The first-order valence-electron chi connectivity index (χ1n) is 8.59. The number of nitrogens with zero attached hydrogens (tertiary/aromatic N) is 1. The molecule has 0 amide bonds. The number of aliphatic imine (C=N–C) groups is 1. The maximum absolute atomic E-state index is 3.91. The molecule has 1 heteroatoms. The highest BCUT2D eigenvalue weighted by Crippen LogP contribution is 2.35. The summed E-state index contributed by atoms with van der Waals surface area (Å²) in [6.07, 6.45) is 9.76. The molecule has 0 unspecified atom stereocenters. The predicted octanol–water partition coefficient (Wildman–Crippen LogP) is 6.48. The minimum Gasteiger partial charge on any atom is -0.265 e. The predicted molar refractivity (Wildman–Crippen MR) is 101 cm³/mol. The van der Waals surface area contributed by atoms with Crippen LogP contribution in [0.25, 0.3) is 12.2 Å². The lowest BCUT2D eigenvalue weighted by Crippen LogP contribution is -2.10. The Balaban J connectivity index is 1.64. The summed E-state index contributed by atoms with van der Waals surface area (Å²) in [5.41, 5.74) is 4.86. The zero-order chi connectivity index (χ0) is 16.1. The summed E-state index contributed by atoms with van der Waals surface area (Å²) >= 11 is 0. The highest BCUT2D eigenvalue weighted by molar-refractivity contribution is 5.70. The summed E-state index contributed by atoms with van der Waals surface area (Å²) in [7, 11) is 0. The van der Waals surface area contributed by atoms with E-state index in [2.05, 4.69) is 67.2 Å². The van der Waals surface area contributed by atoms with Gasteiger partial charge < -0.3 is 0 Å². The lowest BCUT2D eigenvalue weighted by Gasteiger charge is -2.26. The van der Waals surface area contributed by atoms with Gasteiger partial charge >= 0.3 is 0 Å². The van der Waals surface area contributed by atoms with Gasteiger partial charge in [-0.15, -0.1) is 0 Å². The largest absolute Gasteiger partial charge is 0.265 e. The standard InChI is InChI=1S/C22H25N/c1-17-3-11-20(12-4-17)21-13-7-18(8-14-21)5-6-19-9-15-22(23-2)16-10-19/h5-10,13-17,20H,2-4,11-12H2,1H3/b6-5+. The van der Waals surface area contributed by atoms with E-state index in [0.717, 1.165) is 17.5 Å². The minimum absolute atomic E-state index is 0.767. The van der Waals surface area contributed by atoms with Gasteiger partial charge in [-0.2, -0.15) is 0 Å². The molecular weight excluding hydrogens is 278 g/mol. The van der Waals surface area contributed by atoms with Crippen molar-refractivity contribution >= 4 is 24.6 Å². The van der Waals surface area contributed by atoms with Gasteiger partial charge in [0.25, 0.3) is 0 Å². The van der Waals surface area contributed by atoms with E-state index in [1.165, 1.54) is 42.4 Å². The number of hydrogen-bond donors (Lipinski definition) is 0. The molecule has 0 aromatic heterocycles. The smallest absolute Gasteiger partial charge is 0.0622 e. The molecule has 0 heterocycles. The van der Waals surface area contributed by atoms with E-state index in [9.17, 15) is 0 Å². The zero-order valence-electron chi connectivity index (χ0n) is 13.9. The van der Waals surface area contributed by atoms with Crippen molar-refractivity contribution in [2.75, 3.05) is 0 Å². The van der Waals surface area contributed by atoms with Crippen molar-refractivity contribution in [3.05, 3.63) is 65.2 Å². The molecule has 2 aromatic rings. The average molecular weight is 303 g/mol. The lowest BCUT2D eigenvalue weighted by atomic mass is 9.79. The molecule has 1 fully saturated rings. The summed E-state index contributed by atoms with van der Waals surface area (Å²) in [6, 6.07) is 17.2. The molecule has 1 saturated carbocycles. The van der Waals surface area contributed by atoms with Gasteiger partial charge in [-0.3, -0.25) is 4.99 Å². The SMILES string of the molecule is C=Nc1ccc(/C=C/c2ccc(C3CCC(C)CC3)cc2)cc1. The highest BCUT2D eigenvalue weighted by atomic mass is 14.7. The Labute approximate surface area is 139 Å². The molecule has 1 nitrogen and oxygen atoms in total. The summed E-state index contributed by atoms with van der Waals surface area (Å²) in [4.78, 5) is 3.91. The van der Waals surface area contributed by atoms with Crippen LogP contribution in [0.4, 0.5) is 5.69 Å². The Morgan fingerprint density at radius 3 is 1.87 bits per heavy atom. The van der Waals surface area contributed by atoms with Gasteiger partial charge in [-0.25, -0.2) is 0 Å². The first kappa shape index (κ1) is 15.7.